The molecule has 0 radical (unpaired) electrons. The first kappa shape index (κ1) is 25.2. The molecule has 0 saturated carbocycles. The highest BCUT2D eigenvalue weighted by Gasteiger charge is 2.34. The zero-order valence-electron chi connectivity index (χ0n) is 20.8. The molecule has 1 N–H and O–H groups in total. The minimum absolute atomic E-state index is 0.129. The van der Waals surface area contributed by atoms with Gasteiger partial charge in [-0.25, -0.2) is 9.36 Å². The second-order valence-electron chi connectivity index (χ2n) is 9.05. The van der Waals surface area contributed by atoms with Gasteiger partial charge in [-0.15, -0.1) is 0 Å². The van der Waals surface area contributed by atoms with E-state index >= 15 is 0 Å². The Hall–Kier alpha value is -4.47. The van der Waals surface area contributed by atoms with E-state index in [-0.39, 0.29) is 23.5 Å². The van der Waals surface area contributed by atoms with Gasteiger partial charge in [-0.3, -0.25) is 9.59 Å². The van der Waals surface area contributed by atoms with Gasteiger partial charge in [-0.05, 0) is 55.3 Å². The number of hydrogen-bond donors (Lipinski definition) is 1. The van der Waals surface area contributed by atoms with E-state index in [4.69, 9.17) is 9.47 Å². The number of ether oxygens (including phenoxy) is 2. The summed E-state index contributed by atoms with van der Waals surface area (Å²) in [5.41, 5.74) is 1.77. The lowest BCUT2D eigenvalue weighted by atomic mass is 10.0. The Morgan fingerprint density at radius 3 is 2.53 bits per heavy atom. The summed E-state index contributed by atoms with van der Waals surface area (Å²) in [5, 5.41) is 2.35. The van der Waals surface area contributed by atoms with Crippen molar-refractivity contribution in [2.75, 3.05) is 12.4 Å². The van der Waals surface area contributed by atoms with Crippen molar-refractivity contribution >= 4 is 11.6 Å². The van der Waals surface area contributed by atoms with Gasteiger partial charge >= 0.3 is 6.18 Å². The second kappa shape index (κ2) is 9.44. The molecule has 1 aliphatic rings. The number of aromatic nitrogens is 2. The number of nitrogens with zero attached hydrogens (tertiary/aromatic N) is 2. The topological polar surface area (TPSA) is 74.5 Å². The summed E-state index contributed by atoms with van der Waals surface area (Å²) >= 11 is 0. The number of alkyl halides is 3. The van der Waals surface area contributed by atoms with Crippen molar-refractivity contribution in [2.45, 2.75) is 33.0 Å². The van der Waals surface area contributed by atoms with Gasteiger partial charge in [-0.1, -0.05) is 30.3 Å². The molecule has 5 rings (SSSR count). The average molecular weight is 524 g/mol. The third-order valence-electron chi connectivity index (χ3n) is 6.57. The van der Waals surface area contributed by atoms with Crippen LogP contribution >= 0.6 is 0 Å². The molecule has 0 bridgehead atoms. The molecule has 0 spiro atoms. The van der Waals surface area contributed by atoms with E-state index in [9.17, 15) is 22.8 Å². The van der Waals surface area contributed by atoms with Crippen LogP contribution in [0.25, 0.3) is 5.69 Å². The Labute approximate surface area is 216 Å². The molecular formula is C28H24F3N3O4. The minimum atomic E-state index is -4.65. The molecule has 1 aromatic heterocycles. The van der Waals surface area contributed by atoms with Gasteiger partial charge < -0.3 is 14.8 Å². The molecule has 2 heterocycles. The van der Waals surface area contributed by atoms with E-state index in [1.54, 1.807) is 18.2 Å². The lowest BCUT2D eigenvalue weighted by molar-refractivity contribution is -0.137. The lowest BCUT2D eigenvalue weighted by Crippen LogP contribution is -2.28. The number of anilines is 1. The smallest absolute Gasteiger partial charge is 0.418 e. The second-order valence-corrected chi connectivity index (χ2v) is 9.05. The Kier molecular flexibility index (Phi) is 6.26. The van der Waals surface area contributed by atoms with Crippen LogP contribution in [0.2, 0.25) is 0 Å². The van der Waals surface area contributed by atoms with Crippen LogP contribution in [-0.4, -0.2) is 22.4 Å². The molecule has 10 heteroatoms. The van der Waals surface area contributed by atoms with Crippen LogP contribution in [0, 0.1) is 13.8 Å². The highest BCUT2D eigenvalue weighted by Crippen LogP contribution is 2.42. The van der Waals surface area contributed by atoms with Crippen molar-refractivity contribution in [1.82, 2.24) is 9.36 Å². The molecule has 0 atom stereocenters. The van der Waals surface area contributed by atoms with Crippen LogP contribution in [0.4, 0.5) is 18.9 Å². The molecule has 1 amide bonds. The number of aryl methyl sites for hydroxylation is 2. The van der Waals surface area contributed by atoms with Gasteiger partial charge in [0.25, 0.3) is 5.56 Å². The Morgan fingerprint density at radius 1 is 1.05 bits per heavy atom. The van der Waals surface area contributed by atoms with Crippen molar-refractivity contribution in [3.05, 3.63) is 98.8 Å². The molecule has 196 valence electrons. The molecule has 1 aliphatic heterocycles. The number of fused-ring (bicyclic) bond motifs is 2. The Bertz CT molecular complexity index is 1620. The van der Waals surface area contributed by atoms with E-state index in [1.165, 1.54) is 34.7 Å². The van der Waals surface area contributed by atoms with E-state index in [0.717, 1.165) is 22.8 Å². The van der Waals surface area contributed by atoms with Crippen molar-refractivity contribution in [3.8, 4) is 23.1 Å². The molecule has 0 unspecified atom stereocenters. The van der Waals surface area contributed by atoms with Crippen LogP contribution in [0.5, 0.6) is 17.4 Å². The highest BCUT2D eigenvalue weighted by molar-refractivity contribution is 5.91. The van der Waals surface area contributed by atoms with E-state index < -0.39 is 24.2 Å². The molecule has 0 aliphatic carbocycles. The van der Waals surface area contributed by atoms with Gasteiger partial charge in [0.1, 0.15) is 6.54 Å². The summed E-state index contributed by atoms with van der Waals surface area (Å²) in [7, 11) is 1.49. The fourth-order valence-electron chi connectivity index (χ4n) is 4.53. The van der Waals surface area contributed by atoms with Crippen LogP contribution in [0.1, 0.15) is 27.8 Å². The number of benzene rings is 3. The third-order valence-corrected chi connectivity index (χ3v) is 6.57. The number of methoxy groups -OCH3 is 1. The number of rotatable bonds is 5. The summed E-state index contributed by atoms with van der Waals surface area (Å²) in [6, 6.07) is 15.5. The molecule has 4 aromatic rings. The number of carbonyl (C=O) groups is 1. The number of amides is 1. The van der Waals surface area contributed by atoms with Crippen molar-refractivity contribution in [2.24, 2.45) is 0 Å². The average Bonchev–Trinajstić information content (AvgIpc) is 3.14. The summed E-state index contributed by atoms with van der Waals surface area (Å²) < 4.78 is 54.7. The maximum absolute atomic E-state index is 13.7. The van der Waals surface area contributed by atoms with Crippen LogP contribution < -0.4 is 20.3 Å². The zero-order chi connectivity index (χ0) is 27.2. The monoisotopic (exact) mass is 523 g/mol. The number of nitrogens with one attached hydrogen (secondary N) is 1. The standard InChI is InChI=1S/C28H24F3N3O4/c1-16-11-12-19(13-17(16)2)34-26(36)20-14-18-7-6-10-23(37-3)25(18)38-27(20)33(34)15-24(35)32-22-9-5-4-8-21(22)28(29,30)31/h4-13H,14-15H2,1-3H3,(H,32,35). The van der Waals surface area contributed by atoms with Crippen molar-refractivity contribution in [1.29, 1.82) is 0 Å². The first-order chi connectivity index (χ1) is 18.1. The first-order valence-electron chi connectivity index (χ1n) is 11.8. The molecule has 38 heavy (non-hydrogen) atoms. The van der Waals surface area contributed by atoms with E-state index in [1.807, 2.05) is 32.0 Å². The van der Waals surface area contributed by atoms with Gasteiger partial charge in [-0.2, -0.15) is 13.2 Å². The maximum atomic E-state index is 13.7. The van der Waals surface area contributed by atoms with E-state index in [0.29, 0.717) is 22.7 Å². The van der Waals surface area contributed by atoms with Gasteiger partial charge in [0, 0.05) is 12.0 Å². The van der Waals surface area contributed by atoms with Gasteiger partial charge in [0.15, 0.2) is 11.5 Å². The number of para-hydroxylation sites is 2. The SMILES string of the molecule is COc1cccc2c1Oc1c(c(=O)n(-c3ccc(C)c(C)c3)n1CC(=O)Nc1ccccc1C(F)(F)F)C2. The predicted octanol–water partition coefficient (Wildman–Crippen LogP) is 5.62. The largest absolute Gasteiger partial charge is 0.493 e. The summed E-state index contributed by atoms with van der Waals surface area (Å²) in [4.78, 5) is 26.8. The molecule has 0 saturated heterocycles. The summed E-state index contributed by atoms with van der Waals surface area (Å²) in [5.74, 6) is 0.238. The predicted molar refractivity (Wildman–Crippen MR) is 135 cm³/mol. The van der Waals surface area contributed by atoms with Crippen molar-refractivity contribution in [3.63, 3.8) is 0 Å². The number of hydrogen-bond acceptors (Lipinski definition) is 4. The summed E-state index contributed by atoms with van der Waals surface area (Å²) in [6.45, 7) is 3.35. The quantitative estimate of drug-likeness (QED) is 0.325. The lowest BCUT2D eigenvalue weighted by Gasteiger charge is -2.21. The number of halogens is 3. The fourth-order valence-corrected chi connectivity index (χ4v) is 4.53. The first-order valence-corrected chi connectivity index (χ1v) is 11.8. The van der Waals surface area contributed by atoms with Crippen LogP contribution in [0.3, 0.4) is 0 Å². The molecule has 3 aromatic carbocycles. The van der Waals surface area contributed by atoms with Crippen molar-refractivity contribution < 1.29 is 27.4 Å². The van der Waals surface area contributed by atoms with Gasteiger partial charge in [0.05, 0.1) is 29.6 Å². The highest BCUT2D eigenvalue weighted by atomic mass is 19.4. The van der Waals surface area contributed by atoms with E-state index in [2.05, 4.69) is 5.32 Å². The molecule has 0 fully saturated rings. The summed E-state index contributed by atoms with van der Waals surface area (Å²) in [6.07, 6.45) is -4.42. The Morgan fingerprint density at radius 2 is 1.82 bits per heavy atom. The molecular weight excluding hydrogens is 499 g/mol. The van der Waals surface area contributed by atoms with Crippen LogP contribution in [0.15, 0.2) is 65.5 Å². The van der Waals surface area contributed by atoms with Crippen LogP contribution in [-0.2, 0) is 23.9 Å². The third kappa shape index (κ3) is 4.42. The number of carbonyl (C=O) groups excluding carboxylic acids is 1. The van der Waals surface area contributed by atoms with Gasteiger partial charge in [0.2, 0.25) is 11.8 Å². The minimum Gasteiger partial charge on any atom is -0.493 e. The fraction of sp³-hybridized carbons (Fsp3) is 0.214. The normalized spacial score (nSPS) is 12.4. The zero-order valence-corrected chi connectivity index (χ0v) is 20.8. The maximum Gasteiger partial charge on any atom is 0.418 e. The molecule has 7 nitrogen and oxygen atoms in total. The Balaban J connectivity index is 1.61.